The van der Waals surface area contributed by atoms with Gasteiger partial charge in [-0.05, 0) is 50.5 Å². The van der Waals surface area contributed by atoms with Crippen LogP contribution < -0.4 is 10.9 Å². The Morgan fingerprint density at radius 1 is 1.36 bits per heavy atom. The molecule has 1 atom stereocenters. The Hall–Kier alpha value is -1.38. The molecule has 4 rings (SSSR count). The first-order chi connectivity index (χ1) is 13.7. The maximum Gasteiger partial charge on any atom is 0.263 e. The number of hydrogen-bond donors (Lipinski definition) is 1. The van der Waals surface area contributed by atoms with E-state index in [1.165, 1.54) is 28.6 Å². The number of carbonyl (C=O) groups is 1. The third-order valence-corrected chi connectivity index (χ3v) is 7.52. The van der Waals surface area contributed by atoms with Gasteiger partial charge in [-0.2, -0.15) is 0 Å². The van der Waals surface area contributed by atoms with Crippen LogP contribution in [0.4, 0.5) is 0 Å². The van der Waals surface area contributed by atoms with Crippen LogP contribution in [0.3, 0.4) is 0 Å². The fraction of sp³-hybridized carbons (Fsp3) is 0.650. The van der Waals surface area contributed by atoms with Gasteiger partial charge in [-0.25, -0.2) is 4.98 Å². The van der Waals surface area contributed by atoms with E-state index in [2.05, 4.69) is 5.32 Å². The Bertz CT molecular complexity index is 916. The number of carbonyl (C=O) groups excluding carboxylic acids is 1. The standard InChI is InChI=1S/C20H27N3O3S2/c1-2-9-21-16(24)12-27-20-22-18-17(14-7-3-4-8-15(14)28-18)19(25)23(20)11-13-6-5-10-26-13/h13H,2-12H2,1H3,(H,21,24)/t13-/m1/s1. The second kappa shape index (κ2) is 8.97. The van der Waals surface area contributed by atoms with E-state index in [0.29, 0.717) is 18.2 Å². The van der Waals surface area contributed by atoms with Crippen LogP contribution in [-0.2, 0) is 28.9 Å². The Morgan fingerprint density at radius 2 is 2.21 bits per heavy atom. The van der Waals surface area contributed by atoms with Gasteiger partial charge in [0.25, 0.3) is 5.56 Å². The van der Waals surface area contributed by atoms with Crippen molar-refractivity contribution in [3.05, 3.63) is 20.8 Å². The van der Waals surface area contributed by atoms with E-state index >= 15 is 0 Å². The number of thioether (sulfide) groups is 1. The lowest BCUT2D eigenvalue weighted by Gasteiger charge is -2.16. The molecule has 1 aliphatic carbocycles. The zero-order chi connectivity index (χ0) is 19.5. The molecule has 2 aromatic rings. The summed E-state index contributed by atoms with van der Waals surface area (Å²) in [7, 11) is 0. The average molecular weight is 422 g/mol. The van der Waals surface area contributed by atoms with Crippen LogP contribution in [-0.4, -0.2) is 40.5 Å². The van der Waals surface area contributed by atoms with Crippen LogP contribution in [0.15, 0.2) is 9.95 Å². The van der Waals surface area contributed by atoms with Gasteiger partial charge in [-0.1, -0.05) is 18.7 Å². The number of thiophene rings is 1. The SMILES string of the molecule is CCCNC(=O)CSc1nc2sc3c(c2c(=O)n1C[C@H]1CCCO1)CCCC3. The molecule has 1 amide bonds. The van der Waals surface area contributed by atoms with Crippen molar-refractivity contribution in [3.8, 4) is 0 Å². The predicted molar refractivity (Wildman–Crippen MR) is 114 cm³/mol. The minimum atomic E-state index is -0.0182. The van der Waals surface area contributed by atoms with E-state index in [0.717, 1.165) is 55.3 Å². The van der Waals surface area contributed by atoms with Crippen molar-refractivity contribution in [2.24, 2.45) is 0 Å². The summed E-state index contributed by atoms with van der Waals surface area (Å²) < 4.78 is 7.54. The van der Waals surface area contributed by atoms with Crippen LogP contribution in [0.25, 0.3) is 10.2 Å². The zero-order valence-corrected chi connectivity index (χ0v) is 17.9. The third kappa shape index (κ3) is 4.14. The van der Waals surface area contributed by atoms with Gasteiger partial charge in [0.15, 0.2) is 5.16 Å². The molecule has 1 aliphatic heterocycles. The monoisotopic (exact) mass is 421 g/mol. The molecule has 0 unspecified atom stereocenters. The molecule has 0 saturated carbocycles. The molecule has 2 aliphatic rings. The van der Waals surface area contributed by atoms with E-state index in [1.54, 1.807) is 15.9 Å². The summed E-state index contributed by atoms with van der Waals surface area (Å²) in [6.45, 7) is 3.98. The van der Waals surface area contributed by atoms with Crippen molar-refractivity contribution in [2.75, 3.05) is 18.9 Å². The normalized spacial score (nSPS) is 19.1. The number of nitrogens with one attached hydrogen (secondary N) is 1. The van der Waals surface area contributed by atoms with Crippen LogP contribution in [0.5, 0.6) is 0 Å². The van der Waals surface area contributed by atoms with Crippen molar-refractivity contribution < 1.29 is 9.53 Å². The van der Waals surface area contributed by atoms with Gasteiger partial charge in [-0.3, -0.25) is 14.2 Å². The number of aromatic nitrogens is 2. The molecule has 1 N–H and O–H groups in total. The van der Waals surface area contributed by atoms with Gasteiger partial charge in [0, 0.05) is 18.0 Å². The highest BCUT2D eigenvalue weighted by atomic mass is 32.2. The smallest absolute Gasteiger partial charge is 0.263 e. The first-order valence-electron chi connectivity index (χ1n) is 10.2. The number of fused-ring (bicyclic) bond motifs is 3. The van der Waals surface area contributed by atoms with Crippen LogP contribution in [0.2, 0.25) is 0 Å². The lowest BCUT2D eigenvalue weighted by molar-refractivity contribution is -0.118. The summed E-state index contributed by atoms with van der Waals surface area (Å²) >= 11 is 3.01. The van der Waals surface area contributed by atoms with Crippen molar-refractivity contribution in [1.29, 1.82) is 0 Å². The van der Waals surface area contributed by atoms with Crippen LogP contribution in [0.1, 0.15) is 49.5 Å². The molecule has 6 nitrogen and oxygen atoms in total. The minimum absolute atomic E-state index is 0.0182. The Labute approximate surface area is 173 Å². The fourth-order valence-electron chi connectivity index (χ4n) is 3.93. The molecule has 2 aromatic heterocycles. The molecular formula is C20H27N3O3S2. The molecule has 1 fully saturated rings. The maximum atomic E-state index is 13.4. The quantitative estimate of drug-likeness (QED) is 0.549. The first kappa shape index (κ1) is 19.9. The lowest BCUT2D eigenvalue weighted by Crippen LogP contribution is -2.30. The van der Waals surface area contributed by atoms with Gasteiger partial charge in [-0.15, -0.1) is 11.3 Å². The van der Waals surface area contributed by atoms with Crippen molar-refractivity contribution >= 4 is 39.2 Å². The summed E-state index contributed by atoms with van der Waals surface area (Å²) in [6.07, 6.45) is 7.30. The van der Waals surface area contributed by atoms with Gasteiger partial charge in [0.1, 0.15) is 4.83 Å². The highest BCUT2D eigenvalue weighted by Gasteiger charge is 2.25. The Kier molecular flexibility index (Phi) is 6.38. The average Bonchev–Trinajstić information content (AvgIpc) is 3.34. The third-order valence-electron chi connectivity index (χ3n) is 5.35. The molecule has 28 heavy (non-hydrogen) atoms. The molecule has 0 bridgehead atoms. The summed E-state index contributed by atoms with van der Waals surface area (Å²) in [6, 6.07) is 0. The molecular weight excluding hydrogens is 394 g/mol. The molecule has 1 saturated heterocycles. The summed E-state index contributed by atoms with van der Waals surface area (Å²) in [5, 5.41) is 4.33. The highest BCUT2D eigenvalue weighted by Crippen LogP contribution is 2.34. The second-order valence-electron chi connectivity index (χ2n) is 7.47. The van der Waals surface area contributed by atoms with E-state index in [1.807, 2.05) is 6.92 Å². The Balaban J connectivity index is 1.68. The molecule has 0 spiro atoms. The lowest BCUT2D eigenvalue weighted by atomic mass is 9.97. The van der Waals surface area contributed by atoms with Gasteiger partial charge >= 0.3 is 0 Å². The number of hydrogen-bond acceptors (Lipinski definition) is 6. The maximum absolute atomic E-state index is 13.4. The summed E-state index contributed by atoms with van der Waals surface area (Å²) in [4.78, 5) is 32.5. The molecule has 152 valence electrons. The number of aryl methyl sites for hydroxylation is 2. The van der Waals surface area contributed by atoms with E-state index < -0.39 is 0 Å². The van der Waals surface area contributed by atoms with E-state index in [9.17, 15) is 9.59 Å². The molecule has 8 heteroatoms. The number of rotatable bonds is 7. The second-order valence-corrected chi connectivity index (χ2v) is 9.50. The van der Waals surface area contributed by atoms with Crippen molar-refractivity contribution in [2.45, 2.75) is 69.7 Å². The largest absolute Gasteiger partial charge is 0.376 e. The minimum Gasteiger partial charge on any atom is -0.376 e. The fourth-order valence-corrected chi connectivity index (χ4v) is 6.07. The zero-order valence-electron chi connectivity index (χ0n) is 16.3. The van der Waals surface area contributed by atoms with Gasteiger partial charge < -0.3 is 10.1 Å². The number of amides is 1. The summed E-state index contributed by atoms with van der Waals surface area (Å²) in [5.74, 6) is 0.254. The molecule has 0 aromatic carbocycles. The topological polar surface area (TPSA) is 73.2 Å². The molecule has 0 radical (unpaired) electrons. The Morgan fingerprint density at radius 3 is 3.00 bits per heavy atom. The van der Waals surface area contributed by atoms with Crippen molar-refractivity contribution in [1.82, 2.24) is 14.9 Å². The highest BCUT2D eigenvalue weighted by molar-refractivity contribution is 7.99. The predicted octanol–water partition coefficient (Wildman–Crippen LogP) is 3.13. The first-order valence-corrected chi connectivity index (χ1v) is 12.0. The van der Waals surface area contributed by atoms with Crippen molar-refractivity contribution in [3.63, 3.8) is 0 Å². The van der Waals surface area contributed by atoms with E-state index in [4.69, 9.17) is 9.72 Å². The number of nitrogens with zero attached hydrogens (tertiary/aromatic N) is 2. The summed E-state index contributed by atoms with van der Waals surface area (Å²) in [5.41, 5.74) is 1.25. The van der Waals surface area contributed by atoms with Crippen LogP contribution >= 0.6 is 23.1 Å². The van der Waals surface area contributed by atoms with Crippen LogP contribution in [0, 0.1) is 0 Å². The number of ether oxygens (including phenoxy) is 1. The molecule has 3 heterocycles. The van der Waals surface area contributed by atoms with Gasteiger partial charge in [0.2, 0.25) is 5.91 Å². The van der Waals surface area contributed by atoms with Gasteiger partial charge in [0.05, 0.1) is 23.8 Å². The van der Waals surface area contributed by atoms with E-state index in [-0.39, 0.29) is 23.3 Å².